The molecule has 0 spiro atoms. The second-order valence-electron chi connectivity index (χ2n) is 3.44. The Balaban J connectivity index is 2.63. The maximum atomic E-state index is 11.7. The van der Waals surface area contributed by atoms with Crippen molar-refractivity contribution in [2.45, 2.75) is 19.8 Å². The quantitative estimate of drug-likeness (QED) is 0.659. The van der Waals surface area contributed by atoms with Crippen LogP contribution in [0, 0.1) is 0 Å². The van der Waals surface area contributed by atoms with E-state index in [1.54, 1.807) is 0 Å². The minimum Gasteiger partial charge on any atom is -0.355 e. The van der Waals surface area contributed by atoms with Crippen molar-refractivity contribution in [3.05, 3.63) is 0 Å². The van der Waals surface area contributed by atoms with Gasteiger partial charge in [0, 0.05) is 19.6 Å². The molecule has 1 heterocycles. The van der Waals surface area contributed by atoms with Crippen LogP contribution in [-0.4, -0.2) is 44.8 Å². The number of hydrogen-bond donors (Lipinski definition) is 2. The van der Waals surface area contributed by atoms with Gasteiger partial charge >= 0.3 is 0 Å². The summed E-state index contributed by atoms with van der Waals surface area (Å²) in [5, 5.41) is 2.63. The van der Waals surface area contributed by atoms with E-state index >= 15 is 0 Å². The second kappa shape index (κ2) is 5.43. The third kappa shape index (κ3) is 3.77. The molecular formula is C8H17N3O3S. The maximum Gasteiger partial charge on any atom is 0.279 e. The molecule has 0 bridgehead atoms. The first-order valence-electron chi connectivity index (χ1n) is 5.07. The topological polar surface area (TPSA) is 78.5 Å². The van der Waals surface area contributed by atoms with Gasteiger partial charge in [-0.05, 0) is 12.8 Å². The fourth-order valence-corrected chi connectivity index (χ4v) is 2.61. The van der Waals surface area contributed by atoms with Crippen molar-refractivity contribution < 1.29 is 13.2 Å². The van der Waals surface area contributed by atoms with Crippen LogP contribution in [0.15, 0.2) is 0 Å². The van der Waals surface area contributed by atoms with Crippen LogP contribution in [0.1, 0.15) is 19.8 Å². The lowest BCUT2D eigenvalue weighted by molar-refractivity contribution is -0.120. The summed E-state index contributed by atoms with van der Waals surface area (Å²) in [5.41, 5.74) is 0. The number of amides is 1. The molecule has 0 aromatic carbocycles. The van der Waals surface area contributed by atoms with Crippen LogP contribution >= 0.6 is 0 Å². The summed E-state index contributed by atoms with van der Waals surface area (Å²) in [6, 6.07) is 0. The zero-order valence-corrected chi connectivity index (χ0v) is 9.64. The Labute approximate surface area is 90.2 Å². The average Bonchev–Trinajstić information content (AvgIpc) is 2.40. The first-order chi connectivity index (χ1) is 7.06. The normalized spacial score (nSPS) is 19.7. The average molecular weight is 235 g/mol. The van der Waals surface area contributed by atoms with Crippen LogP contribution < -0.4 is 10.0 Å². The molecule has 0 aliphatic carbocycles. The highest BCUT2D eigenvalue weighted by molar-refractivity contribution is 7.87. The van der Waals surface area contributed by atoms with Gasteiger partial charge < -0.3 is 5.32 Å². The Morgan fingerprint density at radius 1 is 1.53 bits per heavy atom. The Kier molecular flexibility index (Phi) is 4.49. The molecular weight excluding hydrogens is 218 g/mol. The molecule has 0 aromatic heterocycles. The van der Waals surface area contributed by atoms with Crippen LogP contribution in [-0.2, 0) is 15.0 Å². The lowest BCUT2D eigenvalue weighted by Gasteiger charge is -2.18. The van der Waals surface area contributed by atoms with E-state index in [9.17, 15) is 13.2 Å². The molecule has 0 radical (unpaired) electrons. The monoisotopic (exact) mass is 235 g/mol. The molecule has 1 amide bonds. The summed E-state index contributed by atoms with van der Waals surface area (Å²) in [6.07, 6.45) is 1.39. The van der Waals surface area contributed by atoms with Crippen LogP contribution in [0.5, 0.6) is 0 Å². The van der Waals surface area contributed by atoms with E-state index in [1.807, 2.05) is 6.92 Å². The number of rotatable bonds is 4. The molecule has 1 aliphatic heterocycles. The van der Waals surface area contributed by atoms with Gasteiger partial charge in [-0.1, -0.05) is 6.92 Å². The van der Waals surface area contributed by atoms with Crippen LogP contribution in [0.25, 0.3) is 0 Å². The molecule has 1 saturated heterocycles. The van der Waals surface area contributed by atoms with Crippen molar-refractivity contribution in [3.8, 4) is 0 Å². The van der Waals surface area contributed by atoms with Gasteiger partial charge in [-0.25, -0.2) is 4.72 Å². The molecule has 1 aliphatic rings. The maximum absolute atomic E-state index is 11.7. The third-order valence-electron chi connectivity index (χ3n) is 2.10. The van der Waals surface area contributed by atoms with E-state index in [1.165, 1.54) is 4.31 Å². The summed E-state index contributed by atoms with van der Waals surface area (Å²) < 4.78 is 27.0. The highest BCUT2D eigenvalue weighted by Gasteiger charge is 2.25. The van der Waals surface area contributed by atoms with Crippen molar-refractivity contribution in [2.24, 2.45) is 0 Å². The Hall–Kier alpha value is -0.660. The van der Waals surface area contributed by atoms with E-state index < -0.39 is 10.2 Å². The van der Waals surface area contributed by atoms with E-state index in [0.717, 1.165) is 6.42 Å². The third-order valence-corrected chi connectivity index (χ3v) is 3.66. The summed E-state index contributed by atoms with van der Waals surface area (Å²) in [5.74, 6) is -0.241. The van der Waals surface area contributed by atoms with Gasteiger partial charge in [0.05, 0.1) is 6.54 Å². The number of hydrogen-bond acceptors (Lipinski definition) is 3. The highest BCUT2D eigenvalue weighted by Crippen LogP contribution is 2.02. The van der Waals surface area contributed by atoms with Crippen LogP contribution in [0.3, 0.4) is 0 Å². The fourth-order valence-electron chi connectivity index (χ4n) is 1.31. The molecule has 15 heavy (non-hydrogen) atoms. The molecule has 0 aromatic rings. The lowest BCUT2D eigenvalue weighted by atomic mass is 10.4. The predicted octanol–water partition coefficient (Wildman–Crippen LogP) is -0.947. The summed E-state index contributed by atoms with van der Waals surface area (Å²) in [7, 11) is -3.48. The zero-order valence-electron chi connectivity index (χ0n) is 8.82. The van der Waals surface area contributed by atoms with E-state index in [0.29, 0.717) is 26.1 Å². The largest absolute Gasteiger partial charge is 0.355 e. The van der Waals surface area contributed by atoms with Crippen molar-refractivity contribution in [3.63, 3.8) is 0 Å². The number of carbonyl (C=O) groups is 1. The fraction of sp³-hybridized carbons (Fsp3) is 0.875. The van der Waals surface area contributed by atoms with E-state index in [4.69, 9.17) is 0 Å². The number of carbonyl (C=O) groups excluding carboxylic acids is 1. The molecule has 7 heteroatoms. The summed E-state index contributed by atoms with van der Waals surface area (Å²) in [6.45, 7) is 3.13. The number of nitrogens with one attached hydrogen (secondary N) is 2. The van der Waals surface area contributed by atoms with Crippen molar-refractivity contribution in [1.29, 1.82) is 0 Å². The van der Waals surface area contributed by atoms with Gasteiger partial charge in [0.2, 0.25) is 5.91 Å². The van der Waals surface area contributed by atoms with Crippen molar-refractivity contribution >= 4 is 16.1 Å². The Bertz CT molecular complexity index is 315. The Morgan fingerprint density at radius 2 is 2.27 bits per heavy atom. The van der Waals surface area contributed by atoms with Gasteiger partial charge in [0.25, 0.3) is 10.2 Å². The first kappa shape index (κ1) is 12.4. The van der Waals surface area contributed by atoms with Crippen molar-refractivity contribution in [1.82, 2.24) is 14.3 Å². The smallest absolute Gasteiger partial charge is 0.279 e. The molecule has 0 atom stereocenters. The molecule has 6 nitrogen and oxygen atoms in total. The molecule has 1 fully saturated rings. The minimum atomic E-state index is -3.48. The standard InChI is InChI=1S/C8H17N3O3S/c1-2-4-10-15(13,14)11-6-3-5-9-8(12)7-11/h10H,2-7H2,1H3,(H,9,12). The van der Waals surface area contributed by atoms with E-state index in [-0.39, 0.29) is 12.5 Å². The van der Waals surface area contributed by atoms with Gasteiger partial charge in [-0.15, -0.1) is 0 Å². The SMILES string of the molecule is CCCNS(=O)(=O)N1CCCNC(=O)C1. The van der Waals surface area contributed by atoms with Gasteiger partial charge in [0.1, 0.15) is 0 Å². The zero-order chi connectivity index (χ0) is 11.3. The number of nitrogens with zero attached hydrogens (tertiary/aromatic N) is 1. The van der Waals surface area contributed by atoms with Crippen molar-refractivity contribution in [2.75, 3.05) is 26.2 Å². The highest BCUT2D eigenvalue weighted by atomic mass is 32.2. The molecule has 2 N–H and O–H groups in total. The van der Waals surface area contributed by atoms with Gasteiger partial charge in [-0.3, -0.25) is 4.79 Å². The molecule has 0 unspecified atom stereocenters. The van der Waals surface area contributed by atoms with Crippen LogP contribution in [0.2, 0.25) is 0 Å². The molecule has 0 saturated carbocycles. The summed E-state index contributed by atoms with van der Waals surface area (Å²) in [4.78, 5) is 11.2. The predicted molar refractivity (Wildman–Crippen MR) is 56.4 cm³/mol. The van der Waals surface area contributed by atoms with E-state index in [2.05, 4.69) is 10.0 Å². The minimum absolute atomic E-state index is 0.0843. The summed E-state index contributed by atoms with van der Waals surface area (Å²) >= 11 is 0. The molecule has 1 rings (SSSR count). The van der Waals surface area contributed by atoms with Crippen LogP contribution in [0.4, 0.5) is 0 Å². The Morgan fingerprint density at radius 3 is 2.93 bits per heavy atom. The van der Waals surface area contributed by atoms with Gasteiger partial charge in [0.15, 0.2) is 0 Å². The second-order valence-corrected chi connectivity index (χ2v) is 5.19. The van der Waals surface area contributed by atoms with Gasteiger partial charge in [-0.2, -0.15) is 12.7 Å². The molecule has 88 valence electrons. The lowest BCUT2D eigenvalue weighted by Crippen LogP contribution is -2.44. The first-order valence-corrected chi connectivity index (χ1v) is 6.51.